The molecule has 2 heterocycles. The fourth-order valence-corrected chi connectivity index (χ4v) is 1.45. The van der Waals surface area contributed by atoms with Gasteiger partial charge in [-0.15, -0.1) is 0 Å². The predicted molar refractivity (Wildman–Crippen MR) is 52.2 cm³/mol. The molecule has 1 aromatic heterocycles. The zero-order valence-electron chi connectivity index (χ0n) is 8.25. The molecule has 1 N–H and O–H groups in total. The predicted octanol–water partition coefficient (Wildman–Crippen LogP) is 1.28. The van der Waals surface area contributed by atoms with Crippen LogP contribution in [0, 0.1) is 0 Å². The minimum Gasteiger partial charge on any atom is -0.471 e. The number of hydrogen-bond donors (Lipinski definition) is 1. The van der Waals surface area contributed by atoms with E-state index in [1.54, 1.807) is 0 Å². The van der Waals surface area contributed by atoms with Crippen molar-refractivity contribution in [3.05, 3.63) is 23.5 Å². The van der Waals surface area contributed by atoms with Gasteiger partial charge in [-0.1, -0.05) is 12.2 Å². The molecule has 0 bridgehead atoms. The highest BCUT2D eigenvalue weighted by Gasteiger charge is 2.19. The summed E-state index contributed by atoms with van der Waals surface area (Å²) in [5, 5.41) is 7.16. The van der Waals surface area contributed by atoms with Gasteiger partial charge in [-0.25, -0.2) is 0 Å². The second-order valence-corrected chi connectivity index (χ2v) is 3.20. The first kappa shape index (κ1) is 9.27. The van der Waals surface area contributed by atoms with Gasteiger partial charge in [-0.2, -0.15) is 0 Å². The van der Waals surface area contributed by atoms with Crippen molar-refractivity contribution in [1.82, 2.24) is 10.5 Å². The molecule has 0 saturated heterocycles. The van der Waals surface area contributed by atoms with Gasteiger partial charge in [0.25, 0.3) is 5.88 Å². The summed E-state index contributed by atoms with van der Waals surface area (Å²) in [5.41, 5.74) is 1.07. The Morgan fingerprint density at radius 3 is 3.43 bits per heavy atom. The molecule has 0 unspecified atom stereocenters. The lowest BCUT2D eigenvalue weighted by molar-refractivity contribution is 0.303. The Morgan fingerprint density at radius 2 is 2.57 bits per heavy atom. The van der Waals surface area contributed by atoms with Gasteiger partial charge in [0.1, 0.15) is 12.4 Å². The van der Waals surface area contributed by atoms with Crippen molar-refractivity contribution in [2.45, 2.75) is 19.9 Å². The number of ether oxygens (including phenoxy) is 1. The Kier molecular flexibility index (Phi) is 2.84. The molecule has 1 aliphatic heterocycles. The van der Waals surface area contributed by atoms with Crippen molar-refractivity contribution >= 4 is 0 Å². The molecule has 2 rings (SSSR count). The van der Waals surface area contributed by atoms with Crippen LogP contribution in [0.4, 0.5) is 0 Å². The molecule has 0 saturated carbocycles. The molecular weight excluding hydrogens is 180 g/mol. The maximum absolute atomic E-state index is 5.45. The molecule has 14 heavy (non-hydrogen) atoms. The molecular formula is C10H14N2O2. The van der Waals surface area contributed by atoms with E-state index in [4.69, 9.17) is 9.26 Å². The van der Waals surface area contributed by atoms with Crippen LogP contribution >= 0.6 is 0 Å². The van der Waals surface area contributed by atoms with Gasteiger partial charge in [0, 0.05) is 19.5 Å². The minimum absolute atomic E-state index is 0.551. The van der Waals surface area contributed by atoms with E-state index in [2.05, 4.69) is 10.5 Å². The zero-order chi connectivity index (χ0) is 9.80. The summed E-state index contributed by atoms with van der Waals surface area (Å²) in [5.74, 6) is 1.59. The number of aromatic nitrogens is 1. The van der Waals surface area contributed by atoms with Gasteiger partial charge < -0.3 is 14.6 Å². The SMILES string of the molecule is CC=CCOc1noc2c1CNCC2. The van der Waals surface area contributed by atoms with Crippen LogP contribution in [0.25, 0.3) is 0 Å². The topological polar surface area (TPSA) is 47.3 Å². The van der Waals surface area contributed by atoms with E-state index >= 15 is 0 Å². The zero-order valence-corrected chi connectivity index (χ0v) is 8.25. The number of rotatable bonds is 3. The van der Waals surface area contributed by atoms with Crippen molar-refractivity contribution in [3.63, 3.8) is 0 Å². The van der Waals surface area contributed by atoms with Crippen molar-refractivity contribution in [2.24, 2.45) is 0 Å². The van der Waals surface area contributed by atoms with Gasteiger partial charge in [-0.3, -0.25) is 0 Å². The monoisotopic (exact) mass is 194 g/mol. The smallest absolute Gasteiger partial charge is 0.259 e. The van der Waals surface area contributed by atoms with E-state index in [1.807, 2.05) is 19.1 Å². The molecule has 0 radical (unpaired) electrons. The van der Waals surface area contributed by atoms with Crippen LogP contribution in [-0.2, 0) is 13.0 Å². The van der Waals surface area contributed by atoms with Crippen molar-refractivity contribution in [3.8, 4) is 5.88 Å². The van der Waals surface area contributed by atoms with Crippen molar-refractivity contribution in [1.29, 1.82) is 0 Å². The van der Waals surface area contributed by atoms with Crippen LogP contribution in [-0.4, -0.2) is 18.3 Å². The van der Waals surface area contributed by atoms with E-state index in [9.17, 15) is 0 Å². The maximum atomic E-state index is 5.45. The van der Waals surface area contributed by atoms with Crippen molar-refractivity contribution < 1.29 is 9.26 Å². The van der Waals surface area contributed by atoms with Crippen LogP contribution in [0.2, 0.25) is 0 Å². The fourth-order valence-electron chi connectivity index (χ4n) is 1.45. The minimum atomic E-state index is 0.551. The highest BCUT2D eigenvalue weighted by molar-refractivity contribution is 5.30. The summed E-state index contributed by atoms with van der Waals surface area (Å²) in [4.78, 5) is 0. The quantitative estimate of drug-likeness (QED) is 0.736. The number of nitrogens with zero attached hydrogens (tertiary/aromatic N) is 1. The number of hydrogen-bond acceptors (Lipinski definition) is 4. The lowest BCUT2D eigenvalue weighted by Gasteiger charge is -2.10. The first-order valence-corrected chi connectivity index (χ1v) is 4.84. The first-order chi connectivity index (χ1) is 6.92. The van der Waals surface area contributed by atoms with E-state index in [1.165, 1.54) is 0 Å². The van der Waals surface area contributed by atoms with Crippen molar-refractivity contribution in [2.75, 3.05) is 13.2 Å². The molecule has 0 fully saturated rings. The summed E-state index contributed by atoms with van der Waals surface area (Å²) in [6.45, 7) is 4.26. The van der Waals surface area contributed by atoms with Crippen LogP contribution in [0.5, 0.6) is 5.88 Å². The van der Waals surface area contributed by atoms with E-state index in [-0.39, 0.29) is 0 Å². The Morgan fingerprint density at radius 1 is 1.64 bits per heavy atom. The number of fused-ring (bicyclic) bond motifs is 1. The van der Waals surface area contributed by atoms with Gasteiger partial charge in [0.15, 0.2) is 0 Å². The van der Waals surface area contributed by atoms with E-state index in [0.29, 0.717) is 12.5 Å². The van der Waals surface area contributed by atoms with Gasteiger partial charge in [0.05, 0.1) is 5.56 Å². The van der Waals surface area contributed by atoms with Crippen LogP contribution in [0.1, 0.15) is 18.2 Å². The third-order valence-electron chi connectivity index (χ3n) is 2.22. The molecule has 0 aliphatic carbocycles. The molecule has 76 valence electrons. The second-order valence-electron chi connectivity index (χ2n) is 3.20. The van der Waals surface area contributed by atoms with Gasteiger partial charge in [-0.05, 0) is 12.1 Å². The van der Waals surface area contributed by atoms with Gasteiger partial charge >= 0.3 is 0 Å². The lowest BCUT2D eigenvalue weighted by atomic mass is 10.1. The van der Waals surface area contributed by atoms with Crippen LogP contribution in [0.15, 0.2) is 16.7 Å². The standard InChI is InChI=1S/C10H14N2O2/c1-2-3-6-13-10-8-7-11-5-4-9(8)14-12-10/h2-3,11H,4-7H2,1H3. The highest BCUT2D eigenvalue weighted by atomic mass is 16.5. The van der Waals surface area contributed by atoms with Crippen LogP contribution < -0.4 is 10.1 Å². The molecule has 0 atom stereocenters. The number of nitrogens with one attached hydrogen (secondary N) is 1. The Labute approximate surface area is 82.9 Å². The highest BCUT2D eigenvalue weighted by Crippen LogP contribution is 2.23. The molecule has 4 heteroatoms. The molecule has 0 amide bonds. The molecule has 1 aromatic rings. The average molecular weight is 194 g/mol. The average Bonchev–Trinajstić information content (AvgIpc) is 2.63. The Bertz CT molecular complexity index is 331. The van der Waals surface area contributed by atoms with E-state index < -0.39 is 0 Å². The Hall–Kier alpha value is -1.29. The van der Waals surface area contributed by atoms with E-state index in [0.717, 1.165) is 30.8 Å². The van der Waals surface area contributed by atoms with Crippen LogP contribution in [0.3, 0.4) is 0 Å². The molecule has 1 aliphatic rings. The summed E-state index contributed by atoms with van der Waals surface area (Å²) in [7, 11) is 0. The number of allylic oxidation sites excluding steroid dienone is 1. The fraction of sp³-hybridized carbons (Fsp3) is 0.500. The third kappa shape index (κ3) is 1.80. The first-order valence-electron chi connectivity index (χ1n) is 4.84. The summed E-state index contributed by atoms with van der Waals surface area (Å²) < 4.78 is 10.6. The largest absolute Gasteiger partial charge is 0.471 e. The normalized spacial score (nSPS) is 15.8. The third-order valence-corrected chi connectivity index (χ3v) is 2.22. The lowest BCUT2D eigenvalue weighted by Crippen LogP contribution is -2.22. The summed E-state index contributed by atoms with van der Waals surface area (Å²) >= 11 is 0. The maximum Gasteiger partial charge on any atom is 0.259 e. The summed E-state index contributed by atoms with van der Waals surface area (Å²) in [6.07, 6.45) is 4.79. The Balaban J connectivity index is 2.06. The second kappa shape index (κ2) is 4.28. The summed E-state index contributed by atoms with van der Waals surface area (Å²) in [6, 6.07) is 0. The molecule has 4 nitrogen and oxygen atoms in total. The van der Waals surface area contributed by atoms with Gasteiger partial charge in [0.2, 0.25) is 0 Å². The molecule has 0 aromatic carbocycles. The molecule has 0 spiro atoms.